The van der Waals surface area contributed by atoms with Gasteiger partial charge < -0.3 is 10.2 Å². The summed E-state index contributed by atoms with van der Waals surface area (Å²) in [6.07, 6.45) is 3.54. The number of benzene rings is 2. The van der Waals surface area contributed by atoms with Crippen molar-refractivity contribution >= 4 is 17.3 Å². The first kappa shape index (κ1) is 18.4. The van der Waals surface area contributed by atoms with Crippen LogP contribution in [0.3, 0.4) is 0 Å². The van der Waals surface area contributed by atoms with E-state index in [0.717, 1.165) is 53.7 Å². The van der Waals surface area contributed by atoms with Crippen molar-refractivity contribution in [3.05, 3.63) is 58.9 Å². The molecule has 0 fully saturated rings. The Morgan fingerprint density at radius 2 is 1.88 bits per heavy atom. The van der Waals surface area contributed by atoms with Crippen LogP contribution in [-0.4, -0.2) is 18.5 Å². The van der Waals surface area contributed by atoms with E-state index in [0.29, 0.717) is 0 Å². The van der Waals surface area contributed by atoms with Gasteiger partial charge in [0.15, 0.2) is 0 Å². The SMILES string of the molecule is CCc1cccc(CC)c1NC(=O)CN1c2ccc(F)cc2CCC1C. The number of rotatable bonds is 5. The summed E-state index contributed by atoms with van der Waals surface area (Å²) < 4.78 is 13.5. The van der Waals surface area contributed by atoms with Crippen LogP contribution in [0.5, 0.6) is 0 Å². The predicted molar refractivity (Wildman–Crippen MR) is 105 cm³/mol. The highest BCUT2D eigenvalue weighted by molar-refractivity contribution is 5.95. The van der Waals surface area contributed by atoms with Crippen molar-refractivity contribution in [2.24, 2.45) is 0 Å². The molecule has 4 heteroatoms. The van der Waals surface area contributed by atoms with Crippen molar-refractivity contribution in [2.75, 3.05) is 16.8 Å². The number of para-hydroxylation sites is 1. The van der Waals surface area contributed by atoms with Crippen LogP contribution in [0.4, 0.5) is 15.8 Å². The van der Waals surface area contributed by atoms with Gasteiger partial charge in [-0.1, -0.05) is 32.0 Å². The van der Waals surface area contributed by atoms with E-state index in [2.05, 4.69) is 43.1 Å². The molecule has 3 nitrogen and oxygen atoms in total. The van der Waals surface area contributed by atoms with Gasteiger partial charge in [0.05, 0.1) is 6.54 Å². The summed E-state index contributed by atoms with van der Waals surface area (Å²) in [6, 6.07) is 11.3. The topological polar surface area (TPSA) is 32.3 Å². The number of aryl methyl sites for hydroxylation is 3. The summed E-state index contributed by atoms with van der Waals surface area (Å²) >= 11 is 0. The lowest BCUT2D eigenvalue weighted by Crippen LogP contribution is -2.42. The highest BCUT2D eigenvalue weighted by atomic mass is 19.1. The smallest absolute Gasteiger partial charge is 0.243 e. The zero-order chi connectivity index (χ0) is 18.7. The summed E-state index contributed by atoms with van der Waals surface area (Å²) in [7, 11) is 0. The van der Waals surface area contributed by atoms with Gasteiger partial charge in [0.2, 0.25) is 5.91 Å². The lowest BCUT2D eigenvalue weighted by Gasteiger charge is -2.36. The van der Waals surface area contributed by atoms with E-state index in [9.17, 15) is 9.18 Å². The number of hydrogen-bond donors (Lipinski definition) is 1. The minimum atomic E-state index is -0.216. The number of amides is 1. The zero-order valence-corrected chi connectivity index (χ0v) is 15.8. The van der Waals surface area contributed by atoms with Gasteiger partial charge in [-0.05, 0) is 67.5 Å². The first-order chi connectivity index (χ1) is 12.5. The van der Waals surface area contributed by atoms with E-state index in [-0.39, 0.29) is 24.3 Å². The molecule has 1 atom stereocenters. The molecule has 0 saturated carbocycles. The number of anilines is 2. The fraction of sp³-hybridized carbons (Fsp3) is 0.409. The summed E-state index contributed by atoms with van der Waals surface area (Å²) in [5.74, 6) is -0.239. The standard InChI is InChI=1S/C22H27FN2O/c1-4-16-7-6-8-17(5-2)22(16)24-21(26)14-25-15(3)9-10-18-13-19(23)11-12-20(18)25/h6-8,11-13,15H,4-5,9-10,14H2,1-3H3,(H,24,26). The van der Waals surface area contributed by atoms with Crippen molar-refractivity contribution < 1.29 is 9.18 Å². The maximum atomic E-state index is 13.5. The molecule has 2 aromatic rings. The molecule has 26 heavy (non-hydrogen) atoms. The van der Waals surface area contributed by atoms with E-state index in [4.69, 9.17) is 0 Å². The number of carbonyl (C=O) groups is 1. The van der Waals surface area contributed by atoms with Crippen LogP contribution in [-0.2, 0) is 24.1 Å². The van der Waals surface area contributed by atoms with Gasteiger partial charge in [-0.2, -0.15) is 0 Å². The van der Waals surface area contributed by atoms with Crippen molar-refractivity contribution in [1.82, 2.24) is 0 Å². The number of fused-ring (bicyclic) bond motifs is 1. The van der Waals surface area contributed by atoms with Crippen molar-refractivity contribution in [3.8, 4) is 0 Å². The van der Waals surface area contributed by atoms with Crippen LogP contribution in [0.1, 0.15) is 43.9 Å². The first-order valence-corrected chi connectivity index (χ1v) is 9.49. The van der Waals surface area contributed by atoms with Crippen LogP contribution in [0, 0.1) is 5.82 Å². The van der Waals surface area contributed by atoms with Crippen LogP contribution in [0.25, 0.3) is 0 Å². The molecule has 1 aliphatic rings. The summed E-state index contributed by atoms with van der Waals surface area (Å²) in [4.78, 5) is 14.9. The van der Waals surface area contributed by atoms with E-state index < -0.39 is 0 Å². The molecule has 1 N–H and O–H groups in total. The third-order valence-electron chi connectivity index (χ3n) is 5.29. The Hall–Kier alpha value is -2.36. The Kier molecular flexibility index (Phi) is 5.60. The lowest BCUT2D eigenvalue weighted by molar-refractivity contribution is -0.115. The minimum Gasteiger partial charge on any atom is -0.359 e. The molecule has 3 rings (SSSR count). The highest BCUT2D eigenvalue weighted by Gasteiger charge is 2.25. The lowest BCUT2D eigenvalue weighted by atomic mass is 9.96. The molecule has 0 aromatic heterocycles. The molecule has 0 aliphatic carbocycles. The number of hydrogen-bond acceptors (Lipinski definition) is 2. The normalized spacial score (nSPS) is 16.3. The highest BCUT2D eigenvalue weighted by Crippen LogP contribution is 2.31. The van der Waals surface area contributed by atoms with Gasteiger partial charge >= 0.3 is 0 Å². The molecule has 1 amide bonds. The maximum absolute atomic E-state index is 13.5. The van der Waals surface area contributed by atoms with Crippen LogP contribution >= 0.6 is 0 Å². The molecule has 0 spiro atoms. The molecule has 1 aliphatic heterocycles. The molecule has 0 saturated heterocycles. The summed E-state index contributed by atoms with van der Waals surface area (Å²) in [5, 5.41) is 3.14. The second-order valence-corrected chi connectivity index (χ2v) is 7.00. The van der Waals surface area contributed by atoms with Crippen LogP contribution in [0.2, 0.25) is 0 Å². The number of nitrogens with one attached hydrogen (secondary N) is 1. The van der Waals surface area contributed by atoms with Gasteiger partial charge in [0.1, 0.15) is 5.82 Å². The quantitative estimate of drug-likeness (QED) is 0.842. The van der Waals surface area contributed by atoms with Gasteiger partial charge in [0, 0.05) is 17.4 Å². The fourth-order valence-electron chi connectivity index (χ4n) is 3.77. The molecule has 1 unspecified atom stereocenters. The summed E-state index contributed by atoms with van der Waals surface area (Å²) in [6.45, 7) is 6.60. The number of carbonyl (C=O) groups excluding carboxylic acids is 1. The van der Waals surface area contributed by atoms with E-state index in [1.54, 1.807) is 12.1 Å². The van der Waals surface area contributed by atoms with E-state index in [1.807, 2.05) is 6.07 Å². The fourth-order valence-corrected chi connectivity index (χ4v) is 3.77. The monoisotopic (exact) mass is 354 g/mol. The second kappa shape index (κ2) is 7.90. The summed E-state index contributed by atoms with van der Waals surface area (Å²) in [5.41, 5.74) is 5.23. The van der Waals surface area contributed by atoms with Gasteiger partial charge in [0.25, 0.3) is 0 Å². The van der Waals surface area contributed by atoms with Gasteiger partial charge in [-0.3, -0.25) is 4.79 Å². The van der Waals surface area contributed by atoms with Crippen LogP contribution in [0.15, 0.2) is 36.4 Å². The van der Waals surface area contributed by atoms with Crippen LogP contribution < -0.4 is 10.2 Å². The van der Waals surface area contributed by atoms with Crippen molar-refractivity contribution in [2.45, 2.75) is 52.5 Å². The molecular formula is C22H27FN2O. The number of nitrogens with zero attached hydrogens (tertiary/aromatic N) is 1. The van der Waals surface area contributed by atoms with E-state index in [1.165, 1.54) is 6.07 Å². The molecule has 0 radical (unpaired) electrons. The largest absolute Gasteiger partial charge is 0.359 e. The molecule has 138 valence electrons. The Labute approximate surface area is 155 Å². The predicted octanol–water partition coefficient (Wildman–Crippen LogP) is 4.73. The maximum Gasteiger partial charge on any atom is 0.243 e. The second-order valence-electron chi connectivity index (χ2n) is 7.00. The Bertz CT molecular complexity index is 780. The molecule has 0 bridgehead atoms. The third-order valence-corrected chi connectivity index (χ3v) is 5.29. The average molecular weight is 354 g/mol. The van der Waals surface area contributed by atoms with Gasteiger partial charge in [-0.25, -0.2) is 4.39 Å². The first-order valence-electron chi connectivity index (χ1n) is 9.49. The Morgan fingerprint density at radius 3 is 2.54 bits per heavy atom. The Morgan fingerprint density at radius 1 is 1.19 bits per heavy atom. The van der Waals surface area contributed by atoms with Gasteiger partial charge in [-0.15, -0.1) is 0 Å². The third kappa shape index (κ3) is 3.74. The minimum absolute atomic E-state index is 0.0235. The van der Waals surface area contributed by atoms with E-state index >= 15 is 0 Å². The Balaban J connectivity index is 1.81. The molecule has 2 aromatic carbocycles. The zero-order valence-electron chi connectivity index (χ0n) is 15.8. The molecule has 1 heterocycles. The molecular weight excluding hydrogens is 327 g/mol. The number of halogens is 1. The van der Waals surface area contributed by atoms with Crippen molar-refractivity contribution in [1.29, 1.82) is 0 Å². The average Bonchev–Trinajstić information content (AvgIpc) is 2.64. The van der Waals surface area contributed by atoms with Crippen molar-refractivity contribution in [3.63, 3.8) is 0 Å².